The molecular weight excluding hydrogens is 372 g/mol. The van der Waals surface area contributed by atoms with Gasteiger partial charge in [0.2, 0.25) is 5.91 Å². The highest BCUT2D eigenvalue weighted by Gasteiger charge is 2.10. The number of hydrogen-bond acceptors (Lipinski definition) is 3. The lowest BCUT2D eigenvalue weighted by atomic mass is 10.2. The van der Waals surface area contributed by atoms with E-state index in [1.54, 1.807) is 10.6 Å². The van der Waals surface area contributed by atoms with E-state index in [0.717, 1.165) is 21.2 Å². The van der Waals surface area contributed by atoms with Gasteiger partial charge in [0.05, 0.1) is 11.2 Å². The number of oxazole rings is 1. The first-order chi connectivity index (χ1) is 11.5. The van der Waals surface area contributed by atoms with Crippen LogP contribution in [0.1, 0.15) is 18.4 Å². The molecule has 124 valence electrons. The number of nitrogens with one attached hydrogen (secondary N) is 1. The van der Waals surface area contributed by atoms with Crippen LogP contribution < -0.4 is 11.1 Å². The number of hydrogen-bond donors (Lipinski definition) is 1. The van der Waals surface area contributed by atoms with Crippen LogP contribution in [0.2, 0.25) is 0 Å². The number of nitrogens with zero attached hydrogens (tertiary/aromatic N) is 1. The number of para-hydroxylation sites is 2. The molecule has 0 unspecified atom stereocenters. The number of benzene rings is 2. The average molecular weight is 389 g/mol. The topological polar surface area (TPSA) is 64.2 Å². The van der Waals surface area contributed by atoms with Gasteiger partial charge in [-0.25, -0.2) is 4.79 Å². The molecule has 0 bridgehead atoms. The summed E-state index contributed by atoms with van der Waals surface area (Å²) in [6.45, 7) is 2.43. The highest BCUT2D eigenvalue weighted by Crippen LogP contribution is 2.23. The van der Waals surface area contributed by atoms with E-state index in [2.05, 4.69) is 21.2 Å². The summed E-state index contributed by atoms with van der Waals surface area (Å²) in [5.41, 5.74) is 3.18. The molecule has 24 heavy (non-hydrogen) atoms. The van der Waals surface area contributed by atoms with Crippen LogP contribution in [0.3, 0.4) is 0 Å². The Kier molecular flexibility index (Phi) is 4.85. The van der Waals surface area contributed by atoms with E-state index in [9.17, 15) is 9.59 Å². The number of carbonyl (C=O) groups excluding carboxylic acids is 1. The van der Waals surface area contributed by atoms with Gasteiger partial charge in [-0.3, -0.25) is 9.36 Å². The first-order valence-electron chi connectivity index (χ1n) is 7.69. The lowest BCUT2D eigenvalue weighted by molar-refractivity contribution is -0.116. The second-order valence-corrected chi connectivity index (χ2v) is 6.48. The normalized spacial score (nSPS) is 10.9. The van der Waals surface area contributed by atoms with Crippen LogP contribution in [0, 0.1) is 6.92 Å². The van der Waals surface area contributed by atoms with Gasteiger partial charge in [0.15, 0.2) is 5.58 Å². The maximum absolute atomic E-state index is 12.1. The Hall–Kier alpha value is -2.34. The number of anilines is 1. The van der Waals surface area contributed by atoms with Gasteiger partial charge in [-0.2, -0.15) is 0 Å². The Balaban J connectivity index is 1.60. The van der Waals surface area contributed by atoms with Crippen LogP contribution in [0.25, 0.3) is 11.1 Å². The molecule has 0 spiro atoms. The lowest BCUT2D eigenvalue weighted by Crippen LogP contribution is -2.17. The zero-order valence-electron chi connectivity index (χ0n) is 13.2. The lowest BCUT2D eigenvalue weighted by Gasteiger charge is -2.08. The van der Waals surface area contributed by atoms with Gasteiger partial charge in [0.1, 0.15) is 0 Å². The van der Waals surface area contributed by atoms with Crippen LogP contribution in [0.15, 0.2) is 56.1 Å². The highest BCUT2D eigenvalue weighted by molar-refractivity contribution is 9.10. The Labute approximate surface area is 147 Å². The molecule has 0 atom stereocenters. The van der Waals surface area contributed by atoms with Crippen LogP contribution in [0.5, 0.6) is 0 Å². The van der Waals surface area contributed by atoms with Crippen molar-refractivity contribution in [2.75, 3.05) is 5.32 Å². The van der Waals surface area contributed by atoms with E-state index in [4.69, 9.17) is 4.42 Å². The third kappa shape index (κ3) is 3.59. The van der Waals surface area contributed by atoms with Crippen molar-refractivity contribution in [3.63, 3.8) is 0 Å². The highest BCUT2D eigenvalue weighted by atomic mass is 79.9. The number of halogens is 1. The van der Waals surface area contributed by atoms with Crippen LogP contribution in [-0.4, -0.2) is 10.5 Å². The van der Waals surface area contributed by atoms with E-state index in [1.165, 1.54) is 0 Å². The van der Waals surface area contributed by atoms with Gasteiger partial charge in [-0.1, -0.05) is 18.2 Å². The fraction of sp³-hybridized carbons (Fsp3) is 0.222. The third-order valence-electron chi connectivity index (χ3n) is 3.76. The van der Waals surface area contributed by atoms with Crippen molar-refractivity contribution < 1.29 is 9.21 Å². The van der Waals surface area contributed by atoms with Crippen LogP contribution in [0.4, 0.5) is 5.69 Å². The first kappa shape index (κ1) is 16.5. The molecule has 2 aromatic carbocycles. The number of amides is 1. The van der Waals surface area contributed by atoms with E-state index < -0.39 is 5.76 Å². The van der Waals surface area contributed by atoms with Crippen molar-refractivity contribution in [1.82, 2.24) is 4.57 Å². The number of rotatable bonds is 5. The minimum Gasteiger partial charge on any atom is -0.408 e. The molecule has 3 aromatic rings. The molecule has 0 saturated heterocycles. The predicted octanol–water partition coefficient (Wildman–Crippen LogP) is 4.08. The number of fused-ring (bicyclic) bond motifs is 1. The zero-order chi connectivity index (χ0) is 17.1. The molecule has 1 amide bonds. The second-order valence-electron chi connectivity index (χ2n) is 5.62. The van der Waals surface area contributed by atoms with Crippen LogP contribution in [-0.2, 0) is 11.3 Å². The second kappa shape index (κ2) is 7.05. The molecule has 0 saturated carbocycles. The Morgan fingerprint density at radius 2 is 2.04 bits per heavy atom. The summed E-state index contributed by atoms with van der Waals surface area (Å²) in [4.78, 5) is 24.0. The predicted molar refractivity (Wildman–Crippen MR) is 97.2 cm³/mol. The molecule has 0 aliphatic rings. The maximum Gasteiger partial charge on any atom is 0.419 e. The van der Waals surface area contributed by atoms with Crippen molar-refractivity contribution in [1.29, 1.82) is 0 Å². The van der Waals surface area contributed by atoms with Gasteiger partial charge < -0.3 is 9.73 Å². The number of aryl methyl sites for hydroxylation is 2. The summed E-state index contributed by atoms with van der Waals surface area (Å²) in [6.07, 6.45) is 0.880. The van der Waals surface area contributed by atoms with E-state index >= 15 is 0 Å². The van der Waals surface area contributed by atoms with Crippen molar-refractivity contribution >= 4 is 38.6 Å². The first-order valence-corrected chi connectivity index (χ1v) is 8.48. The Morgan fingerprint density at radius 3 is 2.83 bits per heavy atom. The summed E-state index contributed by atoms with van der Waals surface area (Å²) >= 11 is 3.44. The van der Waals surface area contributed by atoms with Gasteiger partial charge in [-0.15, -0.1) is 0 Å². The molecule has 3 rings (SSSR count). The molecule has 1 heterocycles. The fourth-order valence-electron chi connectivity index (χ4n) is 2.56. The van der Waals surface area contributed by atoms with Gasteiger partial charge in [0.25, 0.3) is 0 Å². The Bertz CT molecular complexity index is 943. The SMILES string of the molecule is Cc1ccc(NC(=O)CCCn2c(=O)oc3ccccc32)c(Br)c1. The van der Waals surface area contributed by atoms with E-state index in [-0.39, 0.29) is 5.91 Å². The fourth-order valence-corrected chi connectivity index (χ4v) is 3.15. The molecule has 1 N–H and O–H groups in total. The monoisotopic (exact) mass is 388 g/mol. The summed E-state index contributed by atoms with van der Waals surface area (Å²) in [5.74, 6) is -0.474. The van der Waals surface area contributed by atoms with Crippen LogP contribution >= 0.6 is 15.9 Å². The zero-order valence-corrected chi connectivity index (χ0v) is 14.8. The maximum atomic E-state index is 12.1. The molecule has 6 heteroatoms. The molecule has 0 aliphatic heterocycles. The minimum absolute atomic E-state index is 0.0830. The smallest absolute Gasteiger partial charge is 0.408 e. The van der Waals surface area contributed by atoms with Crippen molar-refractivity contribution in [3.05, 3.63) is 63.1 Å². The molecule has 0 radical (unpaired) electrons. The van der Waals surface area contributed by atoms with E-state index in [0.29, 0.717) is 25.0 Å². The van der Waals surface area contributed by atoms with Crippen molar-refractivity contribution in [2.45, 2.75) is 26.3 Å². The molecule has 0 aliphatic carbocycles. The van der Waals surface area contributed by atoms with E-state index in [1.807, 2.05) is 43.3 Å². The van der Waals surface area contributed by atoms with Gasteiger partial charge in [0, 0.05) is 17.4 Å². The molecule has 5 nitrogen and oxygen atoms in total. The molecule has 1 aromatic heterocycles. The number of aromatic nitrogens is 1. The van der Waals surface area contributed by atoms with Gasteiger partial charge >= 0.3 is 5.76 Å². The minimum atomic E-state index is -0.391. The molecular formula is C18H17BrN2O3. The van der Waals surface area contributed by atoms with Gasteiger partial charge in [-0.05, 0) is 59.1 Å². The largest absolute Gasteiger partial charge is 0.419 e. The Morgan fingerprint density at radius 1 is 1.25 bits per heavy atom. The third-order valence-corrected chi connectivity index (χ3v) is 4.41. The van der Waals surface area contributed by atoms with Crippen molar-refractivity contribution in [3.8, 4) is 0 Å². The standard InChI is InChI=1S/C18H17BrN2O3/c1-12-8-9-14(13(19)11-12)20-17(22)7-4-10-21-15-5-2-3-6-16(15)24-18(21)23/h2-3,5-6,8-9,11H,4,7,10H2,1H3,(H,20,22). The average Bonchev–Trinajstić information content (AvgIpc) is 2.86. The summed E-state index contributed by atoms with van der Waals surface area (Å²) < 4.78 is 7.59. The summed E-state index contributed by atoms with van der Waals surface area (Å²) in [6, 6.07) is 13.0. The number of carbonyl (C=O) groups is 1. The molecule has 0 fully saturated rings. The van der Waals surface area contributed by atoms with Crippen molar-refractivity contribution in [2.24, 2.45) is 0 Å². The quantitative estimate of drug-likeness (QED) is 0.715. The summed E-state index contributed by atoms with van der Waals surface area (Å²) in [5, 5.41) is 2.87. The summed E-state index contributed by atoms with van der Waals surface area (Å²) in [7, 11) is 0.